The Bertz CT molecular complexity index is 1430. The average molecular weight is 425 g/mol. The van der Waals surface area contributed by atoms with E-state index >= 15 is 0 Å². The Hall–Kier alpha value is -4.26. The smallest absolute Gasteiger partial charge is 0.260 e. The molecule has 7 heteroatoms. The number of hydrogen-bond donors (Lipinski definition) is 1. The number of rotatable bonds is 5. The zero-order chi connectivity index (χ0) is 22.1. The predicted molar refractivity (Wildman–Crippen MR) is 121 cm³/mol. The minimum atomic E-state index is -0.404. The Morgan fingerprint density at radius 2 is 1.75 bits per heavy atom. The monoisotopic (exact) mass is 425 g/mol. The molecule has 0 aliphatic carbocycles. The van der Waals surface area contributed by atoms with Crippen LogP contribution in [0.1, 0.15) is 21.6 Å². The number of anilines is 1. The van der Waals surface area contributed by atoms with Crippen molar-refractivity contribution in [3.05, 3.63) is 108 Å². The van der Waals surface area contributed by atoms with Gasteiger partial charge in [-0.15, -0.1) is 0 Å². The van der Waals surface area contributed by atoms with Crippen LogP contribution in [0.2, 0.25) is 0 Å². The van der Waals surface area contributed by atoms with Gasteiger partial charge in [-0.2, -0.15) is 10.2 Å². The van der Waals surface area contributed by atoms with Crippen molar-refractivity contribution < 1.29 is 9.18 Å². The van der Waals surface area contributed by atoms with Gasteiger partial charge in [0.1, 0.15) is 17.3 Å². The van der Waals surface area contributed by atoms with Crippen LogP contribution >= 0.6 is 0 Å². The highest BCUT2D eigenvalue weighted by molar-refractivity contribution is 6.04. The molecule has 0 aliphatic rings. The maximum atomic E-state index is 14.2. The molecule has 0 bridgehead atoms. The minimum absolute atomic E-state index is 0.296. The molecule has 0 unspecified atom stereocenters. The molecular weight excluding hydrogens is 405 g/mol. The first-order chi connectivity index (χ1) is 15.6. The molecule has 0 radical (unpaired) electrons. The molecule has 1 amide bonds. The summed E-state index contributed by atoms with van der Waals surface area (Å²) >= 11 is 0. The molecule has 3 aromatic carbocycles. The summed E-state index contributed by atoms with van der Waals surface area (Å²) in [6, 6.07) is 22.4. The number of benzene rings is 3. The number of fused-ring (bicyclic) bond motifs is 1. The first-order valence-corrected chi connectivity index (χ1v) is 10.2. The van der Waals surface area contributed by atoms with E-state index in [-0.39, 0.29) is 5.91 Å². The second kappa shape index (κ2) is 8.11. The third-order valence-electron chi connectivity index (χ3n) is 5.49. The lowest BCUT2D eigenvalue weighted by molar-refractivity contribution is 0.102. The molecule has 5 aromatic rings. The summed E-state index contributed by atoms with van der Waals surface area (Å²) in [6.07, 6.45) is 3.10. The van der Waals surface area contributed by atoms with E-state index in [1.807, 2.05) is 18.2 Å². The molecule has 0 fully saturated rings. The Balaban J connectivity index is 1.40. The van der Waals surface area contributed by atoms with Crippen LogP contribution in [0.3, 0.4) is 0 Å². The largest absolute Gasteiger partial charge is 0.307 e. The molecule has 2 heterocycles. The standard InChI is InChI=1S/C25H20FN5O/c1-17-21(15-28-31(17)23-12-5-4-11-22(23)26)25(32)29-24-13-14-27-30(24)16-19-9-6-8-18-7-2-3-10-20(18)19/h2-15H,16H2,1H3,(H,29,32). The fourth-order valence-corrected chi connectivity index (χ4v) is 3.84. The maximum absolute atomic E-state index is 14.2. The van der Waals surface area contributed by atoms with Gasteiger partial charge in [0, 0.05) is 6.07 Å². The van der Waals surface area contributed by atoms with Crippen LogP contribution in [0.15, 0.2) is 85.2 Å². The van der Waals surface area contributed by atoms with E-state index < -0.39 is 5.82 Å². The molecule has 32 heavy (non-hydrogen) atoms. The van der Waals surface area contributed by atoms with Crippen LogP contribution in [0.4, 0.5) is 10.2 Å². The number of nitrogens with one attached hydrogen (secondary N) is 1. The average Bonchev–Trinajstić information content (AvgIpc) is 3.40. The van der Waals surface area contributed by atoms with Gasteiger partial charge in [-0.1, -0.05) is 54.6 Å². The molecule has 0 saturated carbocycles. The zero-order valence-electron chi connectivity index (χ0n) is 17.4. The van der Waals surface area contributed by atoms with Gasteiger partial charge < -0.3 is 5.32 Å². The SMILES string of the molecule is Cc1c(C(=O)Nc2ccnn2Cc2cccc3ccccc23)cnn1-c1ccccc1F. The number of carbonyl (C=O) groups excluding carboxylic acids is 1. The topological polar surface area (TPSA) is 64.7 Å². The zero-order valence-corrected chi connectivity index (χ0v) is 17.4. The Morgan fingerprint density at radius 3 is 2.62 bits per heavy atom. The van der Waals surface area contributed by atoms with E-state index in [0.717, 1.165) is 16.3 Å². The Kier molecular flexibility index (Phi) is 4.99. The second-order valence-corrected chi connectivity index (χ2v) is 7.47. The predicted octanol–water partition coefficient (Wildman–Crippen LogP) is 4.97. The van der Waals surface area contributed by atoms with Gasteiger partial charge in [-0.05, 0) is 35.4 Å². The van der Waals surface area contributed by atoms with E-state index in [1.54, 1.807) is 42.1 Å². The van der Waals surface area contributed by atoms with Crippen LogP contribution in [0.25, 0.3) is 16.5 Å². The number of carbonyl (C=O) groups is 1. The Labute approximate surface area is 183 Å². The van der Waals surface area contributed by atoms with Crippen LogP contribution in [0, 0.1) is 12.7 Å². The van der Waals surface area contributed by atoms with Crippen LogP contribution < -0.4 is 5.32 Å². The van der Waals surface area contributed by atoms with E-state index in [1.165, 1.54) is 16.9 Å². The molecular formula is C25H20FN5O. The summed E-state index contributed by atoms with van der Waals surface area (Å²) in [6.45, 7) is 2.25. The highest BCUT2D eigenvalue weighted by Gasteiger charge is 2.18. The highest BCUT2D eigenvalue weighted by atomic mass is 19.1. The molecule has 6 nitrogen and oxygen atoms in total. The maximum Gasteiger partial charge on any atom is 0.260 e. The van der Waals surface area contributed by atoms with Crippen LogP contribution in [-0.2, 0) is 6.54 Å². The number of nitrogens with zero attached hydrogens (tertiary/aromatic N) is 4. The van der Waals surface area contributed by atoms with Gasteiger partial charge >= 0.3 is 0 Å². The summed E-state index contributed by atoms with van der Waals surface area (Å²) in [7, 11) is 0. The van der Waals surface area contributed by atoms with Gasteiger partial charge in [0.2, 0.25) is 0 Å². The van der Waals surface area contributed by atoms with E-state index in [2.05, 4.69) is 39.8 Å². The van der Waals surface area contributed by atoms with Crippen molar-refractivity contribution in [1.82, 2.24) is 19.6 Å². The summed E-state index contributed by atoms with van der Waals surface area (Å²) < 4.78 is 17.3. The van der Waals surface area contributed by atoms with Gasteiger partial charge in [0.05, 0.1) is 30.2 Å². The van der Waals surface area contributed by atoms with Gasteiger partial charge in [-0.3, -0.25) is 4.79 Å². The van der Waals surface area contributed by atoms with Crippen molar-refractivity contribution in [1.29, 1.82) is 0 Å². The van der Waals surface area contributed by atoms with Gasteiger partial charge in [-0.25, -0.2) is 13.8 Å². The van der Waals surface area contributed by atoms with Crippen molar-refractivity contribution in [3.8, 4) is 5.69 Å². The quantitative estimate of drug-likeness (QED) is 0.432. The number of amides is 1. The van der Waals surface area contributed by atoms with Crippen LogP contribution in [-0.4, -0.2) is 25.5 Å². The Morgan fingerprint density at radius 1 is 0.969 bits per heavy atom. The number of aromatic nitrogens is 4. The van der Waals surface area contributed by atoms with E-state index in [9.17, 15) is 9.18 Å². The highest BCUT2D eigenvalue weighted by Crippen LogP contribution is 2.22. The first-order valence-electron chi connectivity index (χ1n) is 10.2. The molecule has 158 valence electrons. The minimum Gasteiger partial charge on any atom is -0.307 e. The fourth-order valence-electron chi connectivity index (χ4n) is 3.84. The third kappa shape index (κ3) is 3.54. The van der Waals surface area contributed by atoms with Crippen molar-refractivity contribution in [2.24, 2.45) is 0 Å². The number of halogens is 1. The lowest BCUT2D eigenvalue weighted by Gasteiger charge is -2.11. The molecule has 0 atom stereocenters. The van der Waals surface area contributed by atoms with Crippen molar-refractivity contribution >= 4 is 22.5 Å². The van der Waals surface area contributed by atoms with E-state index in [0.29, 0.717) is 29.3 Å². The van der Waals surface area contributed by atoms with Gasteiger partial charge in [0.15, 0.2) is 0 Å². The number of hydrogen-bond acceptors (Lipinski definition) is 3. The van der Waals surface area contributed by atoms with Crippen LogP contribution in [0.5, 0.6) is 0 Å². The number of para-hydroxylation sites is 1. The lowest BCUT2D eigenvalue weighted by atomic mass is 10.0. The molecule has 0 saturated heterocycles. The summed E-state index contributed by atoms with van der Waals surface area (Å²) in [4.78, 5) is 13.0. The lowest BCUT2D eigenvalue weighted by Crippen LogP contribution is -2.17. The van der Waals surface area contributed by atoms with E-state index in [4.69, 9.17) is 0 Å². The fraction of sp³-hybridized carbons (Fsp3) is 0.0800. The molecule has 0 spiro atoms. The van der Waals surface area contributed by atoms with Crippen molar-refractivity contribution in [3.63, 3.8) is 0 Å². The first kappa shape index (κ1) is 19.7. The molecule has 5 rings (SSSR count). The van der Waals surface area contributed by atoms with Gasteiger partial charge in [0.25, 0.3) is 5.91 Å². The van der Waals surface area contributed by atoms with Crippen molar-refractivity contribution in [2.45, 2.75) is 13.5 Å². The summed E-state index contributed by atoms with van der Waals surface area (Å²) in [5.74, 6) is -0.162. The van der Waals surface area contributed by atoms with Crippen molar-refractivity contribution in [2.75, 3.05) is 5.32 Å². The molecule has 0 aliphatic heterocycles. The summed E-state index contributed by atoms with van der Waals surface area (Å²) in [5.41, 5.74) is 2.31. The molecule has 2 aromatic heterocycles. The summed E-state index contributed by atoms with van der Waals surface area (Å²) in [5, 5.41) is 13.8. The third-order valence-corrected chi connectivity index (χ3v) is 5.49. The molecule has 1 N–H and O–H groups in total. The normalized spacial score (nSPS) is 11.1. The second-order valence-electron chi connectivity index (χ2n) is 7.47.